The number of rotatable bonds is 4. The minimum Gasteiger partial charge on any atom is -0.503 e. The third-order valence-corrected chi connectivity index (χ3v) is 4.39. The molecular formula is C17H15BrN4O2S. The summed E-state index contributed by atoms with van der Waals surface area (Å²) in [6, 6.07) is 11.3. The predicted molar refractivity (Wildman–Crippen MR) is 103 cm³/mol. The van der Waals surface area contributed by atoms with Gasteiger partial charge in [-0.2, -0.15) is 14.9 Å². The molecule has 3 rings (SSSR count). The van der Waals surface area contributed by atoms with E-state index in [0.29, 0.717) is 20.8 Å². The Morgan fingerprint density at radius 2 is 2.16 bits per heavy atom. The van der Waals surface area contributed by atoms with E-state index in [9.17, 15) is 5.11 Å². The Labute approximate surface area is 157 Å². The fourth-order valence-corrected chi connectivity index (χ4v) is 2.96. The number of benzene rings is 2. The van der Waals surface area contributed by atoms with Crippen LogP contribution in [-0.2, 0) is 0 Å². The van der Waals surface area contributed by atoms with Crippen molar-refractivity contribution in [2.45, 2.75) is 6.92 Å². The van der Waals surface area contributed by atoms with Gasteiger partial charge < -0.3 is 9.84 Å². The van der Waals surface area contributed by atoms with E-state index in [1.807, 2.05) is 31.2 Å². The molecule has 0 unspecified atom stereocenters. The number of aromatic hydroxyl groups is 1. The number of phenolic OH excluding ortho intramolecular Hbond substituents is 1. The molecule has 0 aliphatic carbocycles. The van der Waals surface area contributed by atoms with Crippen LogP contribution >= 0.6 is 28.1 Å². The topological polar surface area (TPSA) is 75.4 Å². The number of hydrogen-bond donors (Lipinski definition) is 2. The minimum absolute atomic E-state index is 0.0417. The van der Waals surface area contributed by atoms with E-state index in [4.69, 9.17) is 17.0 Å². The van der Waals surface area contributed by atoms with Gasteiger partial charge in [0.2, 0.25) is 4.77 Å². The highest BCUT2D eigenvalue weighted by Gasteiger charge is 2.10. The van der Waals surface area contributed by atoms with Crippen LogP contribution in [0, 0.1) is 11.7 Å². The molecule has 0 fully saturated rings. The van der Waals surface area contributed by atoms with Gasteiger partial charge in [0, 0.05) is 5.56 Å². The number of ether oxygens (including phenoxy) is 1. The SMILES string of the molecule is COc1cc(/C=N\n2c(-c3cccc(C)c3)n[nH]c2=S)cc(Br)c1O. The first-order valence-corrected chi connectivity index (χ1v) is 8.55. The zero-order valence-electron chi connectivity index (χ0n) is 13.5. The normalized spacial score (nSPS) is 11.2. The largest absolute Gasteiger partial charge is 0.503 e. The Morgan fingerprint density at radius 1 is 1.36 bits per heavy atom. The van der Waals surface area contributed by atoms with Crippen LogP contribution in [0.5, 0.6) is 11.5 Å². The third-order valence-electron chi connectivity index (χ3n) is 3.52. The Morgan fingerprint density at radius 3 is 2.88 bits per heavy atom. The fourth-order valence-electron chi connectivity index (χ4n) is 2.32. The van der Waals surface area contributed by atoms with E-state index in [2.05, 4.69) is 31.2 Å². The fraction of sp³-hybridized carbons (Fsp3) is 0.118. The average Bonchev–Trinajstić information content (AvgIpc) is 2.96. The molecule has 8 heteroatoms. The molecule has 2 N–H and O–H groups in total. The zero-order valence-corrected chi connectivity index (χ0v) is 15.9. The van der Waals surface area contributed by atoms with Crippen LogP contribution in [0.4, 0.5) is 0 Å². The molecule has 0 bridgehead atoms. The monoisotopic (exact) mass is 418 g/mol. The van der Waals surface area contributed by atoms with Crippen LogP contribution in [0.15, 0.2) is 46.0 Å². The number of methoxy groups -OCH3 is 1. The van der Waals surface area contributed by atoms with Gasteiger partial charge in [-0.25, -0.2) is 5.10 Å². The molecule has 3 aromatic rings. The van der Waals surface area contributed by atoms with Crippen molar-refractivity contribution in [1.29, 1.82) is 0 Å². The standard InChI is InChI=1S/C17H15BrN4O2S/c1-10-4-3-5-12(6-10)16-20-21-17(25)22(16)19-9-11-7-13(18)15(23)14(8-11)24-2/h3-9,23H,1-2H3,(H,21,25)/b19-9-. The van der Waals surface area contributed by atoms with Gasteiger partial charge in [0.1, 0.15) is 0 Å². The number of phenols is 1. The molecule has 0 saturated carbocycles. The molecule has 0 saturated heterocycles. The van der Waals surface area contributed by atoms with E-state index in [1.165, 1.54) is 7.11 Å². The Balaban J connectivity index is 2.02. The summed E-state index contributed by atoms with van der Waals surface area (Å²) in [7, 11) is 1.49. The highest BCUT2D eigenvalue weighted by molar-refractivity contribution is 9.10. The van der Waals surface area contributed by atoms with Gasteiger partial charge in [-0.3, -0.25) is 0 Å². The van der Waals surface area contributed by atoms with Gasteiger partial charge in [0.15, 0.2) is 17.3 Å². The molecular weight excluding hydrogens is 404 g/mol. The molecule has 0 amide bonds. The molecule has 128 valence electrons. The number of H-pyrrole nitrogens is 1. The van der Waals surface area contributed by atoms with Crippen molar-refractivity contribution in [2.75, 3.05) is 7.11 Å². The first-order chi connectivity index (χ1) is 12.0. The van der Waals surface area contributed by atoms with Crippen LogP contribution in [-0.4, -0.2) is 33.3 Å². The Hall–Kier alpha value is -2.45. The minimum atomic E-state index is 0.0417. The highest BCUT2D eigenvalue weighted by atomic mass is 79.9. The van der Waals surface area contributed by atoms with Crippen molar-refractivity contribution < 1.29 is 9.84 Å². The predicted octanol–water partition coefficient (Wildman–Crippen LogP) is 4.28. The number of aryl methyl sites for hydroxylation is 1. The molecule has 1 aromatic heterocycles. The molecule has 0 radical (unpaired) electrons. The van der Waals surface area contributed by atoms with Crippen molar-refractivity contribution in [2.24, 2.45) is 5.10 Å². The van der Waals surface area contributed by atoms with Crippen LogP contribution in [0.25, 0.3) is 11.4 Å². The van der Waals surface area contributed by atoms with E-state index in [-0.39, 0.29) is 5.75 Å². The smallest absolute Gasteiger partial charge is 0.216 e. The van der Waals surface area contributed by atoms with Gasteiger partial charge >= 0.3 is 0 Å². The lowest BCUT2D eigenvalue weighted by atomic mass is 10.1. The number of nitrogens with one attached hydrogen (secondary N) is 1. The van der Waals surface area contributed by atoms with Gasteiger partial charge in [0.05, 0.1) is 17.8 Å². The molecule has 2 aromatic carbocycles. The highest BCUT2D eigenvalue weighted by Crippen LogP contribution is 2.34. The van der Waals surface area contributed by atoms with Gasteiger partial charge in [-0.05, 0) is 58.8 Å². The molecule has 0 spiro atoms. The van der Waals surface area contributed by atoms with Gasteiger partial charge in [-0.15, -0.1) is 0 Å². The number of halogens is 1. The average molecular weight is 419 g/mol. The maximum Gasteiger partial charge on any atom is 0.216 e. The summed E-state index contributed by atoms with van der Waals surface area (Å²) in [5, 5.41) is 21.3. The summed E-state index contributed by atoms with van der Waals surface area (Å²) in [5.74, 6) is 1.01. The first kappa shape index (κ1) is 17.4. The summed E-state index contributed by atoms with van der Waals surface area (Å²) < 4.78 is 7.60. The van der Waals surface area contributed by atoms with E-state index >= 15 is 0 Å². The summed E-state index contributed by atoms with van der Waals surface area (Å²) in [6.07, 6.45) is 1.62. The molecule has 6 nitrogen and oxygen atoms in total. The van der Waals surface area contributed by atoms with Crippen molar-refractivity contribution in [3.8, 4) is 22.9 Å². The maximum atomic E-state index is 9.88. The third kappa shape index (κ3) is 3.64. The quantitative estimate of drug-likeness (QED) is 0.489. The zero-order chi connectivity index (χ0) is 18.0. The van der Waals surface area contributed by atoms with Crippen molar-refractivity contribution in [3.63, 3.8) is 0 Å². The van der Waals surface area contributed by atoms with E-state index in [0.717, 1.165) is 16.7 Å². The molecule has 0 aliphatic heterocycles. The summed E-state index contributed by atoms with van der Waals surface area (Å²) in [5.41, 5.74) is 2.77. The van der Waals surface area contributed by atoms with Crippen molar-refractivity contribution >= 4 is 34.4 Å². The summed E-state index contributed by atoms with van der Waals surface area (Å²) >= 11 is 8.57. The number of hydrogen-bond acceptors (Lipinski definition) is 5. The lowest BCUT2D eigenvalue weighted by Crippen LogP contribution is -1.96. The van der Waals surface area contributed by atoms with Crippen molar-refractivity contribution in [1.82, 2.24) is 14.9 Å². The molecule has 0 aliphatic rings. The Bertz CT molecular complexity index is 1010. The van der Waals surface area contributed by atoms with Crippen LogP contribution < -0.4 is 4.74 Å². The second kappa shape index (κ2) is 7.20. The molecule has 25 heavy (non-hydrogen) atoms. The van der Waals surface area contributed by atoms with Crippen LogP contribution in [0.2, 0.25) is 0 Å². The van der Waals surface area contributed by atoms with E-state index < -0.39 is 0 Å². The summed E-state index contributed by atoms with van der Waals surface area (Å²) in [4.78, 5) is 0. The lowest BCUT2D eigenvalue weighted by Gasteiger charge is -2.06. The number of nitrogens with zero attached hydrogens (tertiary/aromatic N) is 3. The maximum absolute atomic E-state index is 9.88. The molecule has 0 atom stereocenters. The lowest BCUT2D eigenvalue weighted by molar-refractivity contribution is 0.372. The van der Waals surface area contributed by atoms with Crippen LogP contribution in [0.1, 0.15) is 11.1 Å². The second-order valence-corrected chi connectivity index (χ2v) is 6.57. The summed E-state index contributed by atoms with van der Waals surface area (Å²) in [6.45, 7) is 2.01. The van der Waals surface area contributed by atoms with Gasteiger partial charge in [-0.1, -0.05) is 23.8 Å². The number of aromatic nitrogens is 3. The van der Waals surface area contributed by atoms with Gasteiger partial charge in [0.25, 0.3) is 0 Å². The molecule has 1 heterocycles. The van der Waals surface area contributed by atoms with Crippen LogP contribution in [0.3, 0.4) is 0 Å². The Kier molecular flexibility index (Phi) is 5.00. The number of aromatic amines is 1. The first-order valence-electron chi connectivity index (χ1n) is 7.35. The van der Waals surface area contributed by atoms with E-state index in [1.54, 1.807) is 23.0 Å². The van der Waals surface area contributed by atoms with Crippen molar-refractivity contribution in [3.05, 3.63) is 56.8 Å². The second-order valence-electron chi connectivity index (χ2n) is 5.33.